The fourth-order valence-electron chi connectivity index (χ4n) is 4.96. The number of rotatable bonds is 12. The van der Waals surface area contributed by atoms with Gasteiger partial charge >= 0.3 is 18.0 Å². The molecular weight excluding hydrogens is 472 g/mol. The van der Waals surface area contributed by atoms with E-state index < -0.39 is 23.8 Å². The maximum atomic E-state index is 13.2. The van der Waals surface area contributed by atoms with Crippen LogP contribution in [0.25, 0.3) is 0 Å². The third-order valence-electron chi connectivity index (χ3n) is 6.66. The number of amides is 2. The number of primary amides is 1. The van der Waals surface area contributed by atoms with Crippen LogP contribution < -0.4 is 15.8 Å². The van der Waals surface area contributed by atoms with E-state index in [1.807, 2.05) is 34.6 Å². The molecule has 3 N–H and O–H groups in total. The van der Waals surface area contributed by atoms with Crippen LogP contribution in [0.5, 0.6) is 5.75 Å². The quantitative estimate of drug-likeness (QED) is 0.255. The summed E-state index contributed by atoms with van der Waals surface area (Å²) in [6.45, 7) is 13.7. The van der Waals surface area contributed by atoms with Crippen LogP contribution in [0.2, 0.25) is 0 Å². The van der Waals surface area contributed by atoms with Crippen molar-refractivity contribution in [2.75, 3.05) is 7.11 Å². The molecule has 2 amide bonds. The highest BCUT2D eigenvalue weighted by molar-refractivity contribution is 5.98. The molecule has 0 fully saturated rings. The van der Waals surface area contributed by atoms with E-state index in [0.717, 1.165) is 47.9 Å². The van der Waals surface area contributed by atoms with Gasteiger partial charge in [0.1, 0.15) is 11.4 Å². The molecule has 0 radical (unpaired) electrons. The number of carbonyl (C=O) groups excluding carboxylic acids is 3. The number of fused-ring (bicyclic) bond motifs is 1. The molecule has 0 aliphatic carbocycles. The Bertz CT molecular complexity index is 1040. The topological polar surface area (TPSA) is 117 Å². The Morgan fingerprint density at radius 2 is 1.89 bits per heavy atom. The summed E-state index contributed by atoms with van der Waals surface area (Å²) in [5.74, 6) is 0.104. The molecule has 206 valence electrons. The zero-order chi connectivity index (χ0) is 27.9. The lowest BCUT2D eigenvalue weighted by Crippen LogP contribution is -2.33. The van der Waals surface area contributed by atoms with Gasteiger partial charge in [0.05, 0.1) is 12.7 Å². The van der Waals surface area contributed by atoms with Gasteiger partial charge < -0.3 is 19.9 Å². The molecule has 2 unspecified atom stereocenters. The van der Waals surface area contributed by atoms with Crippen LogP contribution in [0.15, 0.2) is 11.6 Å². The number of hydrogen-bond donors (Lipinski definition) is 2. The third kappa shape index (κ3) is 7.73. The molecule has 2 rings (SSSR count). The van der Waals surface area contributed by atoms with Crippen molar-refractivity contribution in [2.45, 2.75) is 111 Å². The highest BCUT2D eigenvalue weighted by Gasteiger charge is 2.40. The van der Waals surface area contributed by atoms with E-state index in [2.05, 4.69) is 25.2 Å². The van der Waals surface area contributed by atoms with E-state index in [9.17, 15) is 14.4 Å². The Balaban J connectivity index is 2.55. The summed E-state index contributed by atoms with van der Waals surface area (Å²) in [6, 6.07) is -0.767. The van der Waals surface area contributed by atoms with Crippen molar-refractivity contribution in [3.63, 3.8) is 0 Å². The van der Waals surface area contributed by atoms with Gasteiger partial charge in [-0.1, -0.05) is 38.3 Å². The molecule has 1 aromatic carbocycles. The zero-order valence-electron chi connectivity index (χ0n) is 23.7. The molecule has 0 bridgehead atoms. The van der Waals surface area contributed by atoms with Crippen molar-refractivity contribution >= 4 is 18.0 Å². The first-order valence-electron chi connectivity index (χ1n) is 13.2. The van der Waals surface area contributed by atoms with Crippen molar-refractivity contribution in [2.24, 2.45) is 5.73 Å². The van der Waals surface area contributed by atoms with Gasteiger partial charge in [0.25, 0.3) is 0 Å². The minimum atomic E-state index is -0.948. The van der Waals surface area contributed by atoms with Crippen LogP contribution in [0, 0.1) is 6.92 Å². The first-order valence-corrected chi connectivity index (χ1v) is 13.2. The largest absolute Gasteiger partial charge is 0.496 e. The maximum Gasteiger partial charge on any atom is 0.341 e. The van der Waals surface area contributed by atoms with Crippen LogP contribution in [-0.4, -0.2) is 30.7 Å². The van der Waals surface area contributed by atoms with Crippen molar-refractivity contribution in [1.82, 2.24) is 5.32 Å². The van der Waals surface area contributed by atoms with Crippen molar-refractivity contribution < 1.29 is 28.6 Å². The number of allylic oxidation sites excluding steroid dienone is 2. The van der Waals surface area contributed by atoms with Crippen LogP contribution in [-0.2, 0) is 20.7 Å². The average Bonchev–Trinajstić information content (AvgIpc) is 3.11. The first-order chi connectivity index (χ1) is 17.3. The lowest BCUT2D eigenvalue weighted by molar-refractivity contribution is -0.154. The molecule has 0 aromatic heterocycles. The molecule has 1 aliphatic heterocycles. The Labute approximate surface area is 221 Å². The number of hydrogen-bond acceptors (Lipinski definition) is 6. The van der Waals surface area contributed by atoms with E-state index in [4.69, 9.17) is 19.9 Å². The number of nitrogens with one attached hydrogen (secondary N) is 1. The highest BCUT2D eigenvalue weighted by Crippen LogP contribution is 2.46. The van der Waals surface area contributed by atoms with Gasteiger partial charge in [0.2, 0.25) is 6.23 Å². The highest BCUT2D eigenvalue weighted by atomic mass is 16.6. The number of methoxy groups -OCH3 is 1. The van der Waals surface area contributed by atoms with Gasteiger partial charge in [-0.25, -0.2) is 9.59 Å². The average molecular weight is 517 g/mol. The Hall–Kier alpha value is -3.03. The molecule has 8 nitrogen and oxygen atoms in total. The first kappa shape index (κ1) is 30.2. The molecule has 0 saturated carbocycles. The van der Waals surface area contributed by atoms with Crippen molar-refractivity contribution in [3.05, 3.63) is 39.5 Å². The van der Waals surface area contributed by atoms with E-state index >= 15 is 0 Å². The standard InChI is InChI=1S/C29H44N2O6/c1-9-11-12-19(10-2)23-20(15-13-17(3)14-16-21(32)37-29(5,6)7)25(35-8)18(4)22-24(23)27(33)36-26(22)31-28(30)34/h13,19,26H,9-12,14-16H2,1-8H3,(H3,30,31,34). The van der Waals surface area contributed by atoms with Crippen LogP contribution in [0.4, 0.5) is 4.79 Å². The van der Waals surface area contributed by atoms with Gasteiger partial charge in [-0.3, -0.25) is 10.1 Å². The van der Waals surface area contributed by atoms with E-state index in [1.54, 1.807) is 7.11 Å². The minimum Gasteiger partial charge on any atom is -0.496 e. The van der Waals surface area contributed by atoms with Crippen LogP contribution in [0.1, 0.15) is 125 Å². The molecule has 2 atom stereocenters. The summed E-state index contributed by atoms with van der Waals surface area (Å²) in [4.78, 5) is 37.0. The van der Waals surface area contributed by atoms with Crippen molar-refractivity contribution in [3.8, 4) is 5.75 Å². The minimum absolute atomic E-state index is 0.119. The number of esters is 2. The predicted molar refractivity (Wildman–Crippen MR) is 144 cm³/mol. The lowest BCUT2D eigenvalue weighted by atomic mass is 9.80. The fraction of sp³-hybridized carbons (Fsp3) is 0.621. The number of carbonyl (C=O) groups is 3. The molecule has 0 spiro atoms. The summed E-state index contributed by atoms with van der Waals surface area (Å²) in [5, 5.41) is 2.55. The second-order valence-electron chi connectivity index (χ2n) is 10.7. The second kappa shape index (κ2) is 13.0. The summed E-state index contributed by atoms with van der Waals surface area (Å²) in [5.41, 5.74) is 9.63. The summed E-state index contributed by atoms with van der Waals surface area (Å²) in [7, 11) is 1.61. The van der Waals surface area contributed by atoms with Crippen LogP contribution in [0.3, 0.4) is 0 Å². The lowest BCUT2D eigenvalue weighted by Gasteiger charge is -2.25. The van der Waals surface area contributed by atoms with E-state index in [1.165, 1.54) is 0 Å². The van der Waals surface area contributed by atoms with E-state index in [-0.39, 0.29) is 11.9 Å². The normalized spacial score (nSPS) is 16.2. The smallest absolute Gasteiger partial charge is 0.341 e. The molecular formula is C29H44N2O6. The third-order valence-corrected chi connectivity index (χ3v) is 6.66. The monoisotopic (exact) mass is 516 g/mol. The van der Waals surface area contributed by atoms with Crippen molar-refractivity contribution in [1.29, 1.82) is 0 Å². The Morgan fingerprint density at radius 3 is 2.43 bits per heavy atom. The number of cyclic esters (lactones) is 1. The molecule has 1 aliphatic rings. The molecule has 37 heavy (non-hydrogen) atoms. The molecule has 8 heteroatoms. The van der Waals surface area contributed by atoms with Gasteiger partial charge in [-0.2, -0.15) is 0 Å². The Morgan fingerprint density at radius 1 is 1.22 bits per heavy atom. The van der Waals surface area contributed by atoms with Gasteiger partial charge in [-0.05, 0) is 71.8 Å². The zero-order valence-corrected chi connectivity index (χ0v) is 23.7. The number of ether oxygens (including phenoxy) is 3. The number of unbranched alkanes of at least 4 members (excludes halogenated alkanes) is 1. The summed E-state index contributed by atoms with van der Waals surface area (Å²) in [6.07, 6.45) is 6.37. The summed E-state index contributed by atoms with van der Waals surface area (Å²) >= 11 is 0. The predicted octanol–water partition coefficient (Wildman–Crippen LogP) is 6.14. The SMILES string of the molecule is CCCCC(CC)c1c(CC=C(C)CCC(=O)OC(C)(C)C)c(OC)c(C)c2c1C(=O)OC2NC(N)=O. The molecule has 0 saturated heterocycles. The van der Waals surface area contributed by atoms with Crippen LogP contribution >= 0.6 is 0 Å². The van der Waals surface area contributed by atoms with Gasteiger partial charge in [0.15, 0.2) is 0 Å². The maximum absolute atomic E-state index is 13.2. The van der Waals surface area contributed by atoms with E-state index in [0.29, 0.717) is 36.1 Å². The fourth-order valence-corrected chi connectivity index (χ4v) is 4.96. The summed E-state index contributed by atoms with van der Waals surface area (Å²) < 4.78 is 16.9. The van der Waals surface area contributed by atoms with Gasteiger partial charge in [-0.15, -0.1) is 0 Å². The number of benzene rings is 1. The van der Waals surface area contributed by atoms with Gasteiger partial charge in [0, 0.05) is 23.1 Å². The Kier molecular flexibility index (Phi) is 10.6. The molecule has 1 heterocycles. The second-order valence-corrected chi connectivity index (χ2v) is 10.7. The number of urea groups is 1. The number of nitrogens with two attached hydrogens (primary N) is 1. The molecule has 1 aromatic rings.